The monoisotopic (exact) mass is 652 g/mol. The van der Waals surface area contributed by atoms with Gasteiger partial charge in [-0.05, 0) is 67.4 Å². The summed E-state index contributed by atoms with van der Waals surface area (Å²) in [4.78, 5) is 29.3. The summed E-state index contributed by atoms with van der Waals surface area (Å²) in [6.45, 7) is 4.27. The number of pyridine rings is 2. The minimum atomic E-state index is -0.397. The number of carbonyl (C=O) groups is 1. The fraction of sp³-hybridized carbons (Fsp3) is 0.184. The molecule has 0 saturated carbocycles. The molecule has 2 N–H and O–H groups in total. The van der Waals surface area contributed by atoms with Gasteiger partial charge < -0.3 is 14.6 Å². The van der Waals surface area contributed by atoms with Crippen LogP contribution in [0.25, 0.3) is 38.4 Å². The van der Waals surface area contributed by atoms with Crippen LogP contribution in [0.5, 0.6) is 5.88 Å². The second-order valence-corrected chi connectivity index (χ2v) is 12.3. The molecule has 244 valence electrons. The number of hydrogen-bond donors (Lipinski definition) is 2. The van der Waals surface area contributed by atoms with E-state index in [0.29, 0.717) is 29.2 Å². The minimum absolute atomic E-state index is 0.0599. The van der Waals surface area contributed by atoms with Crippen molar-refractivity contribution in [3.8, 4) is 5.88 Å². The summed E-state index contributed by atoms with van der Waals surface area (Å²) in [6, 6.07) is 24.4. The van der Waals surface area contributed by atoms with Crippen LogP contribution in [0.15, 0.2) is 91.1 Å². The first-order chi connectivity index (χ1) is 23.9. The summed E-state index contributed by atoms with van der Waals surface area (Å²) in [7, 11) is 2.01. The Morgan fingerprint density at radius 3 is 2.76 bits per heavy atom. The molecule has 7 aromatic rings. The zero-order chi connectivity index (χ0) is 33.5. The number of rotatable bonds is 8. The first kappa shape index (κ1) is 30.4. The van der Waals surface area contributed by atoms with Gasteiger partial charge in [0.25, 0.3) is 5.91 Å². The number of halogens is 1. The number of aryl methyl sites for hydroxylation is 2. The number of nitrogens with one attached hydrogen (secondary N) is 2. The lowest BCUT2D eigenvalue weighted by Gasteiger charge is -2.25. The molecule has 1 amide bonds. The highest BCUT2D eigenvalue weighted by molar-refractivity contribution is 6.06. The van der Waals surface area contributed by atoms with Crippen LogP contribution >= 0.6 is 0 Å². The number of ether oxygens (including phenoxy) is 1. The number of hydrogen-bond acceptors (Lipinski definition) is 7. The molecule has 4 aromatic heterocycles. The van der Waals surface area contributed by atoms with Gasteiger partial charge in [-0.2, -0.15) is 5.10 Å². The van der Waals surface area contributed by atoms with Crippen molar-refractivity contribution in [2.24, 2.45) is 7.05 Å². The molecule has 5 heterocycles. The topological polar surface area (TPSA) is 114 Å². The Labute approximate surface area is 281 Å². The molecule has 0 atom stereocenters. The van der Waals surface area contributed by atoms with Crippen LogP contribution in [0.1, 0.15) is 39.6 Å². The van der Waals surface area contributed by atoms with Crippen molar-refractivity contribution in [2.45, 2.75) is 26.5 Å². The molecule has 0 radical (unpaired) electrons. The molecule has 0 aliphatic carbocycles. The smallest absolute Gasteiger partial charge is 0.255 e. The summed E-state index contributed by atoms with van der Waals surface area (Å²) >= 11 is 0. The number of nitrogens with zero attached hydrogens (tertiary/aromatic N) is 6. The summed E-state index contributed by atoms with van der Waals surface area (Å²) in [5.74, 6) is 0.786. The molecule has 11 heteroatoms. The summed E-state index contributed by atoms with van der Waals surface area (Å²) in [5, 5.41) is 11.9. The predicted octanol–water partition coefficient (Wildman–Crippen LogP) is 6.96. The largest absolute Gasteiger partial charge is 0.473 e. The molecule has 0 bridgehead atoms. The minimum Gasteiger partial charge on any atom is -0.473 e. The molecule has 8 rings (SSSR count). The summed E-state index contributed by atoms with van der Waals surface area (Å²) in [6.07, 6.45) is 4.25. The quantitative estimate of drug-likeness (QED) is 0.182. The Balaban J connectivity index is 0.922. The van der Waals surface area contributed by atoms with Gasteiger partial charge in [-0.1, -0.05) is 30.3 Å². The van der Waals surface area contributed by atoms with E-state index in [0.717, 1.165) is 75.1 Å². The van der Waals surface area contributed by atoms with Gasteiger partial charge >= 0.3 is 0 Å². The van der Waals surface area contributed by atoms with Gasteiger partial charge in [0.1, 0.15) is 18.2 Å². The third-order valence-electron chi connectivity index (χ3n) is 9.15. The number of aromatic nitrogens is 6. The standard InChI is InChI=1S/C38H33FN8O2/c1-23-28-19-26(11-12-33(28)45-44-23)41-38(48)25-10-13-35-34(18-25)42-36(46(35)2)21-47-16-14-24(15-17-47)31-8-5-9-37(43-31)49-22-29-27-6-3-4-7-32(27)40-20-30(29)39/h3-14,18-20H,15-17,21-22H2,1-2H3,(H,41,48)(H,44,45). The Bertz CT molecular complexity index is 2410. The van der Waals surface area contributed by atoms with Crippen molar-refractivity contribution in [1.82, 2.24) is 34.6 Å². The summed E-state index contributed by atoms with van der Waals surface area (Å²) in [5.41, 5.74) is 8.00. The molecule has 0 saturated heterocycles. The predicted molar refractivity (Wildman–Crippen MR) is 188 cm³/mol. The normalized spacial score (nSPS) is 13.7. The number of anilines is 1. The van der Waals surface area contributed by atoms with Crippen molar-refractivity contribution in [3.05, 3.63) is 125 Å². The Hall–Kier alpha value is -5.94. The SMILES string of the molecule is Cc1[nH]nc2ccc(NC(=O)c3ccc4c(c3)nc(CN3CC=C(c5cccc(OCc6c(F)cnc7ccccc67)n5)CC3)n4C)cc12. The van der Waals surface area contributed by atoms with Crippen LogP contribution in [-0.2, 0) is 20.2 Å². The lowest BCUT2D eigenvalue weighted by atomic mass is 10.0. The van der Waals surface area contributed by atoms with E-state index in [1.807, 2.05) is 86.8 Å². The second-order valence-electron chi connectivity index (χ2n) is 12.3. The maximum absolute atomic E-state index is 14.6. The van der Waals surface area contributed by atoms with Gasteiger partial charge in [0.15, 0.2) is 0 Å². The fourth-order valence-corrected chi connectivity index (χ4v) is 6.38. The maximum Gasteiger partial charge on any atom is 0.255 e. The van der Waals surface area contributed by atoms with E-state index in [1.54, 1.807) is 6.07 Å². The molecule has 0 fully saturated rings. The van der Waals surface area contributed by atoms with Gasteiger partial charge in [-0.3, -0.25) is 19.8 Å². The zero-order valence-electron chi connectivity index (χ0n) is 27.1. The number of para-hydroxylation sites is 1. The lowest BCUT2D eigenvalue weighted by molar-refractivity contribution is 0.102. The highest BCUT2D eigenvalue weighted by Gasteiger charge is 2.19. The fourth-order valence-electron chi connectivity index (χ4n) is 6.38. The van der Waals surface area contributed by atoms with Gasteiger partial charge in [0, 0.05) is 59.5 Å². The van der Waals surface area contributed by atoms with E-state index < -0.39 is 5.82 Å². The van der Waals surface area contributed by atoms with Crippen LogP contribution in [0.3, 0.4) is 0 Å². The Morgan fingerprint density at radius 2 is 1.88 bits per heavy atom. The first-order valence-electron chi connectivity index (χ1n) is 16.1. The molecule has 10 nitrogen and oxygen atoms in total. The highest BCUT2D eigenvalue weighted by atomic mass is 19.1. The Kier molecular flexibility index (Phi) is 7.81. The third-order valence-corrected chi connectivity index (χ3v) is 9.15. The van der Waals surface area contributed by atoms with Gasteiger partial charge in [0.2, 0.25) is 5.88 Å². The van der Waals surface area contributed by atoms with E-state index in [2.05, 4.69) is 36.0 Å². The zero-order valence-corrected chi connectivity index (χ0v) is 27.1. The van der Waals surface area contributed by atoms with Crippen LogP contribution in [0.2, 0.25) is 0 Å². The molecule has 0 unspecified atom stereocenters. The number of benzene rings is 3. The second kappa shape index (κ2) is 12.6. The molecule has 1 aliphatic rings. The van der Waals surface area contributed by atoms with Crippen LogP contribution in [-0.4, -0.2) is 53.6 Å². The molecule has 1 aliphatic heterocycles. The van der Waals surface area contributed by atoms with Gasteiger partial charge in [-0.25, -0.2) is 14.4 Å². The van der Waals surface area contributed by atoms with Crippen LogP contribution in [0, 0.1) is 12.7 Å². The van der Waals surface area contributed by atoms with E-state index in [-0.39, 0.29) is 12.5 Å². The van der Waals surface area contributed by atoms with Crippen LogP contribution < -0.4 is 10.1 Å². The number of fused-ring (bicyclic) bond motifs is 3. The molecular weight excluding hydrogens is 619 g/mol. The lowest BCUT2D eigenvalue weighted by Crippen LogP contribution is -2.29. The molecule has 0 spiro atoms. The average Bonchev–Trinajstić information content (AvgIpc) is 3.65. The van der Waals surface area contributed by atoms with E-state index >= 15 is 0 Å². The number of imidazole rings is 1. The average molecular weight is 653 g/mol. The van der Waals surface area contributed by atoms with Crippen LogP contribution in [0.4, 0.5) is 10.1 Å². The molecule has 49 heavy (non-hydrogen) atoms. The number of aromatic amines is 1. The van der Waals surface area contributed by atoms with Crippen molar-refractivity contribution in [1.29, 1.82) is 0 Å². The van der Waals surface area contributed by atoms with E-state index in [1.165, 1.54) is 6.20 Å². The van der Waals surface area contributed by atoms with E-state index in [4.69, 9.17) is 14.7 Å². The number of amides is 1. The van der Waals surface area contributed by atoms with Crippen molar-refractivity contribution in [2.75, 3.05) is 18.4 Å². The van der Waals surface area contributed by atoms with Gasteiger partial charge in [0.05, 0.1) is 40.5 Å². The first-order valence-corrected chi connectivity index (χ1v) is 16.1. The van der Waals surface area contributed by atoms with Crippen molar-refractivity contribution >= 4 is 50.0 Å². The maximum atomic E-state index is 14.6. The van der Waals surface area contributed by atoms with Crippen molar-refractivity contribution < 1.29 is 13.9 Å². The third kappa shape index (κ3) is 6.00. The Morgan fingerprint density at radius 1 is 0.980 bits per heavy atom. The van der Waals surface area contributed by atoms with E-state index in [9.17, 15) is 9.18 Å². The molecule has 3 aromatic carbocycles. The van der Waals surface area contributed by atoms with Crippen molar-refractivity contribution in [3.63, 3.8) is 0 Å². The number of H-pyrrole nitrogens is 1. The summed E-state index contributed by atoms with van der Waals surface area (Å²) < 4.78 is 22.7. The molecular formula is C38H33FN8O2. The van der Waals surface area contributed by atoms with Gasteiger partial charge in [-0.15, -0.1) is 0 Å². The highest BCUT2D eigenvalue weighted by Crippen LogP contribution is 2.27. The number of carbonyl (C=O) groups excluding carboxylic acids is 1.